The van der Waals surface area contributed by atoms with Crippen LogP contribution < -0.4 is 30.6 Å². The third-order valence-corrected chi connectivity index (χ3v) is 11.2. The number of rotatable bonds is 14. The zero-order valence-electron chi connectivity index (χ0n) is 36.3. The molecule has 2 amide bonds. The molecule has 0 fully saturated rings. The molecule has 3 aromatic carbocycles. The van der Waals surface area contributed by atoms with Crippen LogP contribution >= 0.6 is 54.0 Å². The minimum absolute atomic E-state index is 0.0715. The Bertz CT molecular complexity index is 2910. The van der Waals surface area contributed by atoms with Crippen molar-refractivity contribution < 1.29 is 88.1 Å². The van der Waals surface area contributed by atoms with Crippen LogP contribution in [0.25, 0.3) is 5.69 Å². The molecule has 0 atom stereocenters. The number of carbonyl (C=O) groups is 3. The summed E-state index contributed by atoms with van der Waals surface area (Å²) in [6.45, 7) is 1.06. The number of aromatic nitrogens is 5. The summed E-state index contributed by atoms with van der Waals surface area (Å²) < 4.78 is 122. The summed E-state index contributed by atoms with van der Waals surface area (Å²) in [6, 6.07) is 7.97. The molecule has 0 bridgehead atoms. The van der Waals surface area contributed by atoms with E-state index in [0.717, 1.165) is 16.9 Å². The number of nitrogens with two attached hydrogens (primary N) is 1. The van der Waals surface area contributed by atoms with E-state index in [4.69, 9.17) is 81.6 Å². The van der Waals surface area contributed by atoms with Crippen LogP contribution in [0.5, 0.6) is 11.8 Å². The molecule has 5 rings (SSSR count). The minimum atomic E-state index is -4.63. The van der Waals surface area contributed by atoms with Gasteiger partial charge in [0.1, 0.15) is 23.3 Å². The molecular formula is C36H35Cl4F6N10O14PS. The Labute approximate surface area is 420 Å². The van der Waals surface area contributed by atoms with Crippen LogP contribution in [0.1, 0.15) is 33.7 Å². The Kier molecular flexibility index (Phi) is 22.7. The van der Waals surface area contributed by atoms with Crippen molar-refractivity contribution in [1.29, 1.82) is 0 Å². The highest BCUT2D eigenvalue weighted by atomic mass is 35.5. The van der Waals surface area contributed by atoms with Gasteiger partial charge >= 0.3 is 49.6 Å². The van der Waals surface area contributed by atoms with E-state index in [1.807, 2.05) is 0 Å². The molecule has 0 saturated carbocycles. The van der Waals surface area contributed by atoms with Crippen molar-refractivity contribution in [3.63, 3.8) is 0 Å². The number of anilines is 2. The monoisotopic (exact) mass is 1150 g/mol. The lowest BCUT2D eigenvalue weighted by molar-refractivity contribution is -0.383. The van der Waals surface area contributed by atoms with Crippen molar-refractivity contribution in [2.45, 2.75) is 37.0 Å². The van der Waals surface area contributed by atoms with E-state index in [1.165, 1.54) is 51.5 Å². The predicted molar refractivity (Wildman–Crippen MR) is 243 cm³/mol. The number of carboxylic acids is 2. The second kappa shape index (κ2) is 26.4. The lowest BCUT2D eigenvalue weighted by Crippen LogP contribution is -2.35. The number of amides is 2. The Morgan fingerprint density at radius 2 is 1.50 bits per heavy atom. The predicted octanol–water partition coefficient (Wildman–Crippen LogP) is 7.38. The highest BCUT2D eigenvalue weighted by Gasteiger charge is 2.33. The Morgan fingerprint density at radius 1 is 0.917 bits per heavy atom. The smallest absolute Gasteiger partial charge is 0.416 e. The van der Waals surface area contributed by atoms with Gasteiger partial charge in [-0.05, 0) is 49.2 Å². The number of hydrogen-bond acceptors (Lipinski definition) is 16. The molecule has 24 nitrogen and oxygen atoms in total. The number of methoxy groups -OCH3 is 2. The number of aromatic carboxylic acids is 1. The number of ether oxygens (including phenoxy) is 2. The Hall–Kier alpha value is -6.31. The molecule has 0 aliphatic carbocycles. The maximum Gasteiger partial charge on any atom is 0.416 e. The lowest BCUT2D eigenvalue weighted by Gasteiger charge is -2.13. The van der Waals surface area contributed by atoms with Gasteiger partial charge in [-0.3, -0.25) is 30.1 Å². The largest absolute Gasteiger partial charge is 0.494 e. The lowest BCUT2D eigenvalue weighted by atomic mass is 10.1. The second-order valence-corrected chi connectivity index (χ2v) is 18.2. The number of carbonyl (C=O) groups excluding carboxylic acids is 1. The van der Waals surface area contributed by atoms with Gasteiger partial charge in [0.25, 0.3) is 10.0 Å². The zero-order valence-corrected chi connectivity index (χ0v) is 41.0. The summed E-state index contributed by atoms with van der Waals surface area (Å²) in [6.07, 6.45) is -10.6. The highest BCUT2D eigenvalue weighted by molar-refractivity contribution is 7.90. The van der Waals surface area contributed by atoms with Crippen LogP contribution in [-0.2, 0) is 32.0 Å². The van der Waals surface area contributed by atoms with Crippen molar-refractivity contribution in [2.75, 3.05) is 38.1 Å². The van der Waals surface area contributed by atoms with E-state index in [9.17, 15) is 63.8 Å². The SMILES string of the molecule is COc1c(Cl)ccc(Cl)c1C(=O)O.COc1nc(C)nc(NC(=O)NS(=O)(=O)c2ccccc2CCC(F)(F)F)n1.Nc1c([N+](=O)[O-])cnn1-c1c(Cl)cc(C(F)(F)F)cc1Cl.O=C(O)CNCP(=O)(O)O. The van der Waals surface area contributed by atoms with Crippen molar-refractivity contribution >= 4 is 99.4 Å². The fraction of sp³-hybridized carbons (Fsp3) is 0.250. The average Bonchev–Trinajstić information content (AvgIpc) is 3.62. The fourth-order valence-electron chi connectivity index (χ4n) is 5.00. The first-order valence-corrected chi connectivity index (χ1v) is 23.4. The molecule has 0 aliphatic rings. The number of nitrogens with zero attached hydrogens (tertiary/aromatic N) is 6. The van der Waals surface area contributed by atoms with Crippen molar-refractivity contribution in [2.24, 2.45) is 0 Å². The van der Waals surface area contributed by atoms with E-state index >= 15 is 0 Å². The van der Waals surface area contributed by atoms with E-state index in [2.05, 4.69) is 30.7 Å². The number of halogens is 10. The quantitative estimate of drug-likeness (QED) is 0.0233. The van der Waals surface area contributed by atoms with Gasteiger partial charge < -0.3 is 35.2 Å². The van der Waals surface area contributed by atoms with Gasteiger partial charge in [-0.25, -0.2) is 27.4 Å². The van der Waals surface area contributed by atoms with Gasteiger partial charge in [-0.15, -0.1) is 0 Å². The first-order chi connectivity index (χ1) is 33.1. The van der Waals surface area contributed by atoms with Crippen LogP contribution in [0.3, 0.4) is 0 Å². The first kappa shape index (κ1) is 61.8. The van der Waals surface area contributed by atoms with Crippen LogP contribution in [0.2, 0.25) is 20.1 Å². The van der Waals surface area contributed by atoms with Crippen molar-refractivity contribution in [1.82, 2.24) is 34.8 Å². The summed E-state index contributed by atoms with van der Waals surface area (Å²) in [4.78, 5) is 69.7. The van der Waals surface area contributed by atoms with E-state index in [1.54, 1.807) is 4.72 Å². The Morgan fingerprint density at radius 3 is 1.97 bits per heavy atom. The van der Waals surface area contributed by atoms with E-state index in [0.29, 0.717) is 12.1 Å². The Balaban J connectivity index is 0.000000354. The van der Waals surface area contributed by atoms with Gasteiger partial charge in [0.2, 0.25) is 11.8 Å². The third-order valence-electron chi connectivity index (χ3n) is 7.91. The minimum Gasteiger partial charge on any atom is -0.494 e. The fourth-order valence-corrected chi connectivity index (χ4v) is 7.69. The molecular weight excluding hydrogens is 1120 g/mol. The number of alkyl halides is 6. The van der Waals surface area contributed by atoms with Crippen molar-refractivity contribution in [3.8, 4) is 17.4 Å². The van der Waals surface area contributed by atoms with Gasteiger partial charge in [-0.1, -0.05) is 64.6 Å². The first-order valence-electron chi connectivity index (χ1n) is 18.6. The topological polar surface area (TPSA) is 364 Å². The number of nitro groups is 1. The van der Waals surface area contributed by atoms with Crippen molar-refractivity contribution in [3.05, 3.63) is 107 Å². The third kappa shape index (κ3) is 19.7. The van der Waals surface area contributed by atoms with Crippen LogP contribution in [0.15, 0.2) is 59.6 Å². The second-order valence-electron chi connectivity index (χ2n) is 13.2. The highest BCUT2D eigenvalue weighted by Crippen LogP contribution is 2.39. The van der Waals surface area contributed by atoms with Crippen LogP contribution in [0.4, 0.5) is 48.6 Å². The molecule has 0 unspecified atom stereocenters. The molecule has 5 aromatic rings. The van der Waals surface area contributed by atoms with Gasteiger partial charge in [0.05, 0.1) is 62.5 Å². The number of nitrogens with one attached hydrogen (secondary N) is 3. The number of benzene rings is 3. The average molecular weight is 1150 g/mol. The number of sulfonamides is 1. The summed E-state index contributed by atoms with van der Waals surface area (Å²) in [5.74, 6) is -2.67. The summed E-state index contributed by atoms with van der Waals surface area (Å²) in [5, 5.41) is 34.8. The van der Waals surface area contributed by atoms with Gasteiger partial charge in [-0.2, -0.15) is 46.4 Å². The van der Waals surface area contributed by atoms with Crippen LogP contribution in [0, 0.1) is 17.0 Å². The normalized spacial score (nSPS) is 11.3. The molecule has 0 aliphatic heterocycles. The number of urea groups is 1. The molecule has 2 heterocycles. The summed E-state index contributed by atoms with van der Waals surface area (Å²) >= 11 is 22.9. The molecule has 394 valence electrons. The summed E-state index contributed by atoms with van der Waals surface area (Å²) in [7, 11) is -5.90. The molecule has 36 heteroatoms. The molecule has 0 spiro atoms. The maximum atomic E-state index is 12.6. The van der Waals surface area contributed by atoms with Gasteiger partial charge in [0.15, 0.2) is 5.75 Å². The summed E-state index contributed by atoms with van der Waals surface area (Å²) in [5.41, 5.74) is 3.60. The number of aliphatic carboxylic acids is 1. The maximum absolute atomic E-state index is 12.6. The molecule has 2 aromatic heterocycles. The number of aryl methyl sites for hydroxylation is 2. The molecule has 0 saturated heterocycles. The molecule has 72 heavy (non-hydrogen) atoms. The zero-order chi connectivity index (χ0) is 55.1. The molecule has 0 radical (unpaired) electrons. The van der Waals surface area contributed by atoms with E-state index in [-0.39, 0.29) is 60.4 Å². The number of hydrogen-bond donors (Lipinski definition) is 8. The molecule has 9 N–H and O–H groups in total. The number of nitrogen functional groups attached to an aromatic ring is 1. The number of carboxylic acid groups (broad SMARTS) is 2. The van der Waals surface area contributed by atoms with E-state index < -0.39 is 101 Å². The van der Waals surface area contributed by atoms with Gasteiger partial charge in [0, 0.05) is 6.42 Å². The van der Waals surface area contributed by atoms with Crippen LogP contribution in [-0.4, -0.2) is 109 Å². The standard InChI is InChI=1S/C15H16F3N5O4S.C10H5Cl2F3N4O2.C8H6Cl2O3.C3H8NO5P/c1-9-19-12(22-14(20-9)27-2)21-13(24)23-28(25,26)11-6-4-3-5-10(11)7-8-15(16,17)18;11-5-1-4(10(13,14)15)2-6(12)8(5)18-9(16)7(3-17-18)19(20)21;1-13-7-5(10)3-2-4(9)6(7)8(11)12;5-3(6)1-4-2-10(7,8)9/h3-6H,7-8H2,1-2H3,(H2,19,20,21,22,23,24);1-3H,16H2;2-3H,1H3,(H,11,12);4H,1-2H2,(H,5,6)(H2,7,8,9).